The van der Waals surface area contributed by atoms with Crippen molar-refractivity contribution >= 4 is 17.7 Å². The number of Topliss-reactive ketones (excluding diaryl/α,β-unsaturated/α-hetero) is 1. The molecule has 0 radical (unpaired) electrons. The molecular formula is C25H40N2O5. The van der Waals surface area contributed by atoms with Crippen LogP contribution < -0.4 is 0 Å². The summed E-state index contributed by atoms with van der Waals surface area (Å²) in [6.07, 6.45) is 4.59. The Balaban J connectivity index is 2.36. The first-order valence-corrected chi connectivity index (χ1v) is 12.1. The number of amides is 1. The number of aromatic nitrogens is 1. The molecule has 1 aliphatic rings. The van der Waals surface area contributed by atoms with Crippen molar-refractivity contribution < 1.29 is 23.9 Å². The molecule has 7 heteroatoms. The summed E-state index contributed by atoms with van der Waals surface area (Å²) < 4.78 is 12.5. The number of carbonyl (C=O) groups excluding carboxylic acids is 3. The number of ether oxygens (including phenoxy) is 2. The summed E-state index contributed by atoms with van der Waals surface area (Å²) in [4.78, 5) is 41.4. The zero-order chi connectivity index (χ0) is 23.8. The van der Waals surface area contributed by atoms with Crippen LogP contribution >= 0.6 is 0 Å². The van der Waals surface area contributed by atoms with Gasteiger partial charge in [0.15, 0.2) is 5.78 Å². The van der Waals surface area contributed by atoms with Crippen LogP contribution in [0.3, 0.4) is 0 Å². The second-order valence-electron chi connectivity index (χ2n) is 8.50. The normalized spacial score (nSPS) is 15.1. The van der Waals surface area contributed by atoms with E-state index >= 15 is 0 Å². The van der Waals surface area contributed by atoms with Crippen LogP contribution in [0.4, 0.5) is 0 Å². The van der Waals surface area contributed by atoms with E-state index in [0.717, 1.165) is 31.4 Å². The molecule has 2 rings (SSSR count). The highest BCUT2D eigenvalue weighted by molar-refractivity contribution is 6.06. The van der Waals surface area contributed by atoms with E-state index in [4.69, 9.17) is 9.47 Å². The van der Waals surface area contributed by atoms with Gasteiger partial charge in [0.2, 0.25) is 5.91 Å². The highest BCUT2D eigenvalue weighted by Crippen LogP contribution is 2.29. The zero-order valence-corrected chi connectivity index (χ0v) is 20.7. The van der Waals surface area contributed by atoms with Crippen molar-refractivity contribution in [1.29, 1.82) is 0 Å². The lowest BCUT2D eigenvalue weighted by Crippen LogP contribution is -2.46. The van der Waals surface area contributed by atoms with Crippen molar-refractivity contribution in [3.05, 3.63) is 22.5 Å². The Kier molecular flexibility index (Phi) is 9.94. The maximum absolute atomic E-state index is 13.7. The lowest BCUT2D eigenvalue weighted by atomic mass is 9.98. The van der Waals surface area contributed by atoms with Crippen molar-refractivity contribution in [2.75, 3.05) is 26.4 Å². The average molecular weight is 449 g/mol. The third-order valence-corrected chi connectivity index (χ3v) is 6.52. The number of hydrogen-bond acceptors (Lipinski definition) is 5. The van der Waals surface area contributed by atoms with E-state index in [1.807, 2.05) is 32.3 Å². The van der Waals surface area contributed by atoms with Crippen LogP contribution in [-0.4, -0.2) is 59.5 Å². The number of rotatable bonds is 12. The molecule has 0 bridgehead atoms. The van der Waals surface area contributed by atoms with E-state index < -0.39 is 12.0 Å². The van der Waals surface area contributed by atoms with Crippen LogP contribution in [0.15, 0.2) is 0 Å². The van der Waals surface area contributed by atoms with Crippen LogP contribution in [0, 0.1) is 19.8 Å². The van der Waals surface area contributed by atoms with Crippen LogP contribution in [0.1, 0.15) is 91.9 Å². The molecule has 0 saturated heterocycles. The average Bonchev–Trinajstić information content (AvgIpc) is 3.39. The maximum Gasteiger partial charge on any atom is 0.355 e. The molecule has 0 aliphatic heterocycles. The molecule has 0 spiro atoms. The molecule has 1 atom stereocenters. The first kappa shape index (κ1) is 26.1. The van der Waals surface area contributed by atoms with E-state index in [2.05, 4.69) is 0 Å². The number of carbonyl (C=O) groups is 3. The molecule has 1 aromatic heterocycles. The minimum atomic E-state index is -0.607. The third kappa shape index (κ3) is 5.61. The van der Waals surface area contributed by atoms with Crippen molar-refractivity contribution in [1.82, 2.24) is 9.47 Å². The Bertz CT molecular complexity index is 808. The molecule has 32 heavy (non-hydrogen) atoms. The Morgan fingerprint density at radius 2 is 1.75 bits per heavy atom. The highest BCUT2D eigenvalue weighted by atomic mass is 16.5. The van der Waals surface area contributed by atoms with Gasteiger partial charge in [-0.2, -0.15) is 0 Å². The Morgan fingerprint density at radius 1 is 1.09 bits per heavy atom. The molecule has 0 aromatic carbocycles. The van der Waals surface area contributed by atoms with E-state index in [1.165, 1.54) is 0 Å². The van der Waals surface area contributed by atoms with Gasteiger partial charge in [0.1, 0.15) is 5.69 Å². The van der Waals surface area contributed by atoms with Gasteiger partial charge in [-0.1, -0.05) is 12.8 Å². The SMILES string of the molecule is CCOCCCN(C(=O)C1CCCC1)C(C)C(=O)c1c(C)c(C(=O)OCC)n(CC)c1C. The summed E-state index contributed by atoms with van der Waals surface area (Å²) in [6.45, 7) is 13.6. The molecule has 180 valence electrons. The smallest absolute Gasteiger partial charge is 0.355 e. The van der Waals surface area contributed by atoms with Crippen molar-refractivity contribution in [2.24, 2.45) is 5.92 Å². The molecule has 1 heterocycles. The van der Waals surface area contributed by atoms with Gasteiger partial charge in [-0.05, 0) is 66.4 Å². The molecule has 1 fully saturated rings. The van der Waals surface area contributed by atoms with Gasteiger partial charge in [0.25, 0.3) is 0 Å². The lowest BCUT2D eigenvalue weighted by Gasteiger charge is -2.31. The number of hydrogen-bond donors (Lipinski definition) is 0. The third-order valence-electron chi connectivity index (χ3n) is 6.52. The van der Waals surface area contributed by atoms with Crippen LogP contribution in [-0.2, 0) is 20.8 Å². The molecule has 1 aromatic rings. The fraction of sp³-hybridized carbons (Fsp3) is 0.720. The van der Waals surface area contributed by atoms with Gasteiger partial charge in [-0.3, -0.25) is 9.59 Å². The summed E-state index contributed by atoms with van der Waals surface area (Å²) in [5, 5.41) is 0. The van der Waals surface area contributed by atoms with Gasteiger partial charge < -0.3 is 18.9 Å². The molecule has 1 unspecified atom stereocenters. The molecule has 1 aliphatic carbocycles. The first-order chi connectivity index (χ1) is 15.3. The molecule has 1 saturated carbocycles. The van der Waals surface area contributed by atoms with Crippen LogP contribution in [0.5, 0.6) is 0 Å². The van der Waals surface area contributed by atoms with Crippen molar-refractivity contribution in [3.8, 4) is 0 Å². The summed E-state index contributed by atoms with van der Waals surface area (Å²) in [7, 11) is 0. The lowest BCUT2D eigenvalue weighted by molar-refractivity contribution is -0.136. The van der Waals surface area contributed by atoms with E-state index in [1.54, 1.807) is 18.7 Å². The number of ketones is 1. The summed E-state index contributed by atoms with van der Waals surface area (Å²) in [6, 6.07) is -0.607. The summed E-state index contributed by atoms with van der Waals surface area (Å²) in [5.41, 5.74) is 2.32. The van der Waals surface area contributed by atoms with Crippen molar-refractivity contribution in [2.45, 2.75) is 86.2 Å². The molecular weight excluding hydrogens is 408 g/mol. The standard InChI is InChI=1S/C25H40N2O5/c1-7-26-18(5)21(17(4)22(26)25(30)32-9-3)23(28)19(6)27(15-12-16-31-8-2)24(29)20-13-10-11-14-20/h19-20H,7-16H2,1-6H3. The largest absolute Gasteiger partial charge is 0.461 e. The Labute approximate surface area is 192 Å². The van der Waals surface area contributed by atoms with E-state index in [-0.39, 0.29) is 24.2 Å². The van der Waals surface area contributed by atoms with Crippen LogP contribution in [0.25, 0.3) is 0 Å². The van der Waals surface area contributed by atoms with Gasteiger partial charge >= 0.3 is 5.97 Å². The minimum absolute atomic E-state index is 0.00475. The van der Waals surface area contributed by atoms with E-state index in [0.29, 0.717) is 49.5 Å². The molecule has 0 N–H and O–H groups in total. The predicted octanol–water partition coefficient (Wildman–Crippen LogP) is 4.32. The van der Waals surface area contributed by atoms with E-state index in [9.17, 15) is 14.4 Å². The second kappa shape index (κ2) is 12.2. The number of nitrogens with zero attached hydrogens (tertiary/aromatic N) is 2. The zero-order valence-electron chi connectivity index (χ0n) is 20.7. The monoisotopic (exact) mass is 448 g/mol. The summed E-state index contributed by atoms with van der Waals surface area (Å²) >= 11 is 0. The highest BCUT2D eigenvalue weighted by Gasteiger charge is 2.35. The van der Waals surface area contributed by atoms with Gasteiger partial charge in [0.05, 0.1) is 12.6 Å². The van der Waals surface area contributed by atoms with Crippen molar-refractivity contribution in [3.63, 3.8) is 0 Å². The predicted molar refractivity (Wildman–Crippen MR) is 124 cm³/mol. The van der Waals surface area contributed by atoms with Crippen LogP contribution in [0.2, 0.25) is 0 Å². The molecule has 1 amide bonds. The fourth-order valence-corrected chi connectivity index (χ4v) is 4.85. The van der Waals surface area contributed by atoms with Gasteiger partial charge in [0, 0.05) is 43.5 Å². The topological polar surface area (TPSA) is 77.8 Å². The fourth-order valence-electron chi connectivity index (χ4n) is 4.85. The maximum atomic E-state index is 13.7. The minimum Gasteiger partial charge on any atom is -0.461 e. The quantitative estimate of drug-likeness (QED) is 0.270. The Morgan fingerprint density at radius 3 is 2.31 bits per heavy atom. The van der Waals surface area contributed by atoms with Gasteiger partial charge in [-0.15, -0.1) is 0 Å². The number of esters is 1. The molecule has 7 nitrogen and oxygen atoms in total. The van der Waals surface area contributed by atoms with Gasteiger partial charge in [-0.25, -0.2) is 4.79 Å². The summed E-state index contributed by atoms with van der Waals surface area (Å²) in [5.74, 6) is -0.483. The second-order valence-corrected chi connectivity index (χ2v) is 8.50. The first-order valence-electron chi connectivity index (χ1n) is 12.1. The Hall–Kier alpha value is -2.15.